The zero-order chi connectivity index (χ0) is 12.2. The summed E-state index contributed by atoms with van der Waals surface area (Å²) >= 11 is 0. The summed E-state index contributed by atoms with van der Waals surface area (Å²) in [4.78, 5) is 0. The second-order valence-electron chi connectivity index (χ2n) is 3.66. The van der Waals surface area contributed by atoms with Crippen LogP contribution >= 0.6 is 10.5 Å². The number of rotatable bonds is 7. The van der Waals surface area contributed by atoms with E-state index >= 15 is 0 Å². The van der Waals surface area contributed by atoms with Crippen molar-refractivity contribution < 1.29 is 0 Å². The molecule has 0 nitrogen and oxygen atoms in total. The summed E-state index contributed by atoms with van der Waals surface area (Å²) in [5.74, 6) is 5.20. The molecule has 0 saturated heterocycles. The van der Waals surface area contributed by atoms with E-state index in [-0.39, 0.29) is 10.5 Å². The van der Waals surface area contributed by atoms with Gasteiger partial charge in [-0.3, -0.25) is 0 Å². The lowest BCUT2D eigenvalue weighted by molar-refractivity contribution is 0.980. The third kappa shape index (κ3) is 9.72. The first-order valence-electron chi connectivity index (χ1n) is 5.81. The Morgan fingerprint density at radius 1 is 1.25 bits per heavy atom. The van der Waals surface area contributed by atoms with Gasteiger partial charge in [0.2, 0.25) is 0 Å². The molecule has 0 aliphatic carbocycles. The van der Waals surface area contributed by atoms with E-state index < -0.39 is 0 Å². The Bertz CT molecular complexity index is 303. The quantitative estimate of drug-likeness (QED) is 0.427. The van der Waals surface area contributed by atoms with Crippen LogP contribution in [0.5, 0.6) is 0 Å². The Kier molecular flexibility index (Phi) is 10.1. The predicted molar refractivity (Wildman–Crippen MR) is 81.3 cm³/mol. The van der Waals surface area contributed by atoms with E-state index in [0.717, 1.165) is 18.6 Å². The summed E-state index contributed by atoms with van der Waals surface area (Å²) in [6.45, 7) is 6.38. The molecule has 1 atom stereocenters. The van der Waals surface area contributed by atoms with Crippen molar-refractivity contribution in [3.8, 4) is 0 Å². The lowest BCUT2D eigenvalue weighted by Crippen LogP contribution is -1.75. The van der Waals surface area contributed by atoms with Crippen LogP contribution in [0.4, 0.5) is 0 Å². The van der Waals surface area contributed by atoms with E-state index in [1.807, 2.05) is 19.1 Å². The van der Waals surface area contributed by atoms with Crippen LogP contribution in [-0.2, 0) is 0 Å². The molecule has 0 bridgehead atoms. The molecule has 16 heavy (non-hydrogen) atoms. The van der Waals surface area contributed by atoms with Gasteiger partial charge in [-0.15, -0.1) is 0 Å². The highest BCUT2D eigenvalue weighted by Crippen LogP contribution is 2.12. The Morgan fingerprint density at radius 2 is 2.00 bits per heavy atom. The number of allylic oxidation sites excluding steroid dienone is 7. The Hall–Kier alpha value is -0.820. The minimum absolute atomic E-state index is 0.227. The van der Waals surface area contributed by atoms with Crippen LogP contribution in [0, 0.1) is 0 Å². The highest BCUT2D eigenvalue weighted by atomic mass is 32.2. The maximum absolute atomic E-state index is 4.05. The standard InChI is InChI=1S/C15H24S/c1-5-7-8-9-12-15(3)13-10-11-14-16(4)6-2/h5,7-9,11-12,14H,4,6,10,13H2,1-3H3. The average Bonchev–Trinajstić information content (AvgIpc) is 2.30. The second-order valence-corrected chi connectivity index (χ2v) is 5.58. The maximum Gasteiger partial charge on any atom is -0.0113 e. The van der Waals surface area contributed by atoms with Gasteiger partial charge in [0.05, 0.1) is 0 Å². The van der Waals surface area contributed by atoms with Gasteiger partial charge in [0, 0.05) is 0 Å². The van der Waals surface area contributed by atoms with Crippen LogP contribution in [0.3, 0.4) is 0 Å². The van der Waals surface area contributed by atoms with Gasteiger partial charge in [0.25, 0.3) is 0 Å². The number of hydrogen-bond donors (Lipinski definition) is 0. The first-order chi connectivity index (χ1) is 7.70. The zero-order valence-electron chi connectivity index (χ0n) is 10.8. The van der Waals surface area contributed by atoms with Crippen LogP contribution in [-0.4, -0.2) is 11.6 Å². The molecule has 1 unspecified atom stereocenters. The first-order valence-corrected chi connectivity index (χ1v) is 7.44. The summed E-state index contributed by atoms with van der Waals surface area (Å²) < 4.78 is 0. The molecule has 0 N–H and O–H groups in total. The van der Waals surface area contributed by atoms with Gasteiger partial charge in [-0.2, -0.15) is 10.5 Å². The van der Waals surface area contributed by atoms with Gasteiger partial charge < -0.3 is 0 Å². The molecule has 0 rings (SSSR count). The van der Waals surface area contributed by atoms with Crippen molar-refractivity contribution in [2.24, 2.45) is 0 Å². The molecule has 0 radical (unpaired) electrons. The van der Waals surface area contributed by atoms with Gasteiger partial charge in [0.15, 0.2) is 0 Å². The van der Waals surface area contributed by atoms with Crippen LogP contribution in [0.2, 0.25) is 0 Å². The van der Waals surface area contributed by atoms with Crippen LogP contribution in [0.15, 0.2) is 47.4 Å². The fourth-order valence-electron chi connectivity index (χ4n) is 1.09. The third-order valence-corrected chi connectivity index (χ3v) is 3.48. The van der Waals surface area contributed by atoms with Gasteiger partial charge in [-0.1, -0.05) is 54.8 Å². The summed E-state index contributed by atoms with van der Waals surface area (Å²) in [5.41, 5.74) is 1.42. The van der Waals surface area contributed by atoms with Gasteiger partial charge in [-0.05, 0) is 37.9 Å². The molecule has 90 valence electrons. The third-order valence-electron chi connectivity index (χ3n) is 2.16. The molecule has 0 amide bonds. The first kappa shape index (κ1) is 15.2. The molecular formula is C15H24S. The van der Waals surface area contributed by atoms with Gasteiger partial charge in [0.1, 0.15) is 0 Å². The van der Waals surface area contributed by atoms with Crippen molar-refractivity contribution >= 4 is 16.4 Å². The largest absolute Gasteiger partial charge is 0.170 e. The van der Waals surface area contributed by atoms with E-state index in [2.05, 4.69) is 49.4 Å². The zero-order valence-corrected chi connectivity index (χ0v) is 11.6. The fourth-order valence-corrected chi connectivity index (χ4v) is 1.69. The van der Waals surface area contributed by atoms with Crippen molar-refractivity contribution in [3.63, 3.8) is 0 Å². The summed E-state index contributed by atoms with van der Waals surface area (Å²) in [7, 11) is 0.227. The molecule has 0 aliphatic rings. The molecule has 0 aromatic heterocycles. The molecule has 0 aliphatic heterocycles. The normalized spacial score (nSPS) is 15.6. The predicted octanol–water partition coefficient (Wildman–Crippen LogP) is 5.08. The van der Waals surface area contributed by atoms with E-state index in [1.165, 1.54) is 5.57 Å². The Morgan fingerprint density at radius 3 is 2.62 bits per heavy atom. The van der Waals surface area contributed by atoms with Crippen molar-refractivity contribution in [2.45, 2.75) is 33.6 Å². The molecule has 0 aromatic carbocycles. The minimum Gasteiger partial charge on any atom is -0.170 e. The van der Waals surface area contributed by atoms with Crippen molar-refractivity contribution in [1.82, 2.24) is 0 Å². The van der Waals surface area contributed by atoms with Crippen molar-refractivity contribution in [3.05, 3.63) is 47.4 Å². The molecule has 0 aromatic rings. The maximum atomic E-state index is 4.05. The van der Waals surface area contributed by atoms with Gasteiger partial charge >= 0.3 is 0 Å². The van der Waals surface area contributed by atoms with E-state index in [4.69, 9.17) is 0 Å². The van der Waals surface area contributed by atoms with E-state index in [1.54, 1.807) is 0 Å². The molecule has 0 saturated carbocycles. The highest BCUT2D eigenvalue weighted by Gasteiger charge is 1.86. The molecule has 0 heterocycles. The molecule has 1 heteroatoms. The van der Waals surface area contributed by atoms with Crippen molar-refractivity contribution in [1.29, 1.82) is 0 Å². The summed E-state index contributed by atoms with van der Waals surface area (Å²) in [6, 6.07) is 0. The monoisotopic (exact) mass is 236 g/mol. The topological polar surface area (TPSA) is 0 Å². The van der Waals surface area contributed by atoms with Crippen molar-refractivity contribution in [2.75, 3.05) is 5.75 Å². The smallest absolute Gasteiger partial charge is 0.0113 e. The van der Waals surface area contributed by atoms with Crippen LogP contribution in [0.1, 0.15) is 33.6 Å². The van der Waals surface area contributed by atoms with Crippen LogP contribution < -0.4 is 0 Å². The van der Waals surface area contributed by atoms with Crippen LogP contribution in [0.25, 0.3) is 0 Å². The molecule has 0 fully saturated rings. The number of hydrogen-bond acceptors (Lipinski definition) is 0. The lowest BCUT2D eigenvalue weighted by Gasteiger charge is -1.97. The summed E-state index contributed by atoms with van der Waals surface area (Å²) in [6.07, 6.45) is 14.9. The molecular weight excluding hydrogens is 212 g/mol. The minimum atomic E-state index is 0.227. The molecule has 0 spiro atoms. The lowest BCUT2D eigenvalue weighted by atomic mass is 10.1. The Labute approximate surface area is 103 Å². The van der Waals surface area contributed by atoms with Gasteiger partial charge in [-0.25, -0.2) is 0 Å². The fraction of sp³-hybridized carbons (Fsp3) is 0.400. The average molecular weight is 236 g/mol. The SMILES string of the molecule is C=S(C=CCCC(C)=CC=CC=CC)CC. The highest BCUT2D eigenvalue weighted by molar-refractivity contribution is 8.16. The van der Waals surface area contributed by atoms with E-state index in [0.29, 0.717) is 0 Å². The second kappa shape index (κ2) is 10.7. The summed E-state index contributed by atoms with van der Waals surface area (Å²) in [5, 5.41) is 2.24. The van der Waals surface area contributed by atoms with E-state index in [9.17, 15) is 0 Å². The Balaban J connectivity index is 3.84.